The summed E-state index contributed by atoms with van der Waals surface area (Å²) in [5.74, 6) is 1.78. The molecule has 0 saturated carbocycles. The van der Waals surface area contributed by atoms with Gasteiger partial charge < -0.3 is 9.47 Å². The lowest BCUT2D eigenvalue weighted by atomic mass is 9.96. The molecule has 0 spiro atoms. The maximum Gasteiger partial charge on any atom is 0.188 e. The first kappa shape index (κ1) is 18.9. The van der Waals surface area contributed by atoms with Gasteiger partial charge in [0.25, 0.3) is 0 Å². The van der Waals surface area contributed by atoms with Crippen LogP contribution >= 0.6 is 0 Å². The van der Waals surface area contributed by atoms with E-state index >= 15 is 0 Å². The number of hydrogen-bond donors (Lipinski definition) is 0. The van der Waals surface area contributed by atoms with Crippen molar-refractivity contribution in [2.24, 2.45) is 9.98 Å². The van der Waals surface area contributed by atoms with Crippen LogP contribution in [0.4, 0.5) is 0 Å². The fourth-order valence-electron chi connectivity index (χ4n) is 3.75. The van der Waals surface area contributed by atoms with Crippen LogP contribution in [0.1, 0.15) is 61.8 Å². The Bertz CT molecular complexity index is 638. The van der Waals surface area contributed by atoms with Gasteiger partial charge in [0.05, 0.1) is 12.1 Å². The Labute approximate surface area is 157 Å². The van der Waals surface area contributed by atoms with E-state index in [-0.39, 0.29) is 0 Å². The van der Waals surface area contributed by atoms with E-state index < -0.39 is 0 Å². The summed E-state index contributed by atoms with van der Waals surface area (Å²) in [5, 5.41) is 0. The largest absolute Gasteiger partial charge is 0.478 e. The van der Waals surface area contributed by atoms with Crippen molar-refractivity contribution in [2.75, 3.05) is 13.2 Å². The van der Waals surface area contributed by atoms with Gasteiger partial charge in [-0.25, -0.2) is 9.98 Å². The highest BCUT2D eigenvalue weighted by Gasteiger charge is 2.21. The van der Waals surface area contributed by atoms with Gasteiger partial charge in [0, 0.05) is 12.8 Å². The average Bonchev–Trinajstić information content (AvgIpc) is 3.22. The van der Waals surface area contributed by atoms with E-state index in [9.17, 15) is 0 Å². The molecule has 4 heteroatoms. The number of hydrogen-bond acceptors (Lipinski definition) is 4. The van der Waals surface area contributed by atoms with Crippen molar-refractivity contribution in [3.8, 4) is 0 Å². The second-order valence-corrected chi connectivity index (χ2v) is 7.61. The first-order valence-electron chi connectivity index (χ1n) is 10.1. The number of aryl methyl sites for hydroxylation is 2. The molecule has 0 aromatic heterocycles. The van der Waals surface area contributed by atoms with E-state index in [1.54, 1.807) is 0 Å². The highest BCUT2D eigenvalue weighted by molar-refractivity contribution is 5.82. The zero-order valence-corrected chi connectivity index (χ0v) is 16.7. The number of aliphatic imine (C=N–C) groups is 2. The fraction of sp³-hybridized carbons (Fsp3) is 0.636. The molecule has 26 heavy (non-hydrogen) atoms. The highest BCUT2D eigenvalue weighted by Crippen LogP contribution is 2.22. The Morgan fingerprint density at radius 2 is 1.27 bits per heavy atom. The molecule has 0 bridgehead atoms. The van der Waals surface area contributed by atoms with Crippen LogP contribution in [0, 0.1) is 13.8 Å². The summed E-state index contributed by atoms with van der Waals surface area (Å²) >= 11 is 0. The van der Waals surface area contributed by atoms with E-state index in [4.69, 9.17) is 19.5 Å². The summed E-state index contributed by atoms with van der Waals surface area (Å²) in [5.41, 5.74) is 5.19. The Hall–Kier alpha value is -1.84. The second-order valence-electron chi connectivity index (χ2n) is 7.61. The minimum atomic E-state index is 0.344. The summed E-state index contributed by atoms with van der Waals surface area (Å²) < 4.78 is 11.6. The van der Waals surface area contributed by atoms with Crippen LogP contribution in [0.25, 0.3) is 0 Å². The van der Waals surface area contributed by atoms with E-state index in [2.05, 4.69) is 39.8 Å². The quantitative estimate of drug-likeness (QED) is 0.684. The van der Waals surface area contributed by atoms with Gasteiger partial charge >= 0.3 is 0 Å². The maximum atomic E-state index is 5.82. The molecule has 2 atom stereocenters. The topological polar surface area (TPSA) is 43.2 Å². The summed E-state index contributed by atoms with van der Waals surface area (Å²) in [7, 11) is 0. The lowest BCUT2D eigenvalue weighted by molar-refractivity contribution is 0.305. The van der Waals surface area contributed by atoms with Gasteiger partial charge in [-0.3, -0.25) is 0 Å². The highest BCUT2D eigenvalue weighted by atomic mass is 16.5. The second kappa shape index (κ2) is 8.70. The van der Waals surface area contributed by atoms with Crippen molar-refractivity contribution < 1.29 is 9.47 Å². The number of rotatable bonds is 8. The molecule has 1 aromatic carbocycles. The molecule has 3 rings (SSSR count). The minimum Gasteiger partial charge on any atom is -0.478 e. The van der Waals surface area contributed by atoms with E-state index in [1.807, 2.05) is 0 Å². The van der Waals surface area contributed by atoms with Crippen LogP contribution in [0.5, 0.6) is 0 Å². The van der Waals surface area contributed by atoms with Crippen molar-refractivity contribution in [3.05, 3.63) is 34.4 Å². The van der Waals surface area contributed by atoms with Crippen LogP contribution in [-0.4, -0.2) is 37.1 Å². The molecule has 142 valence electrons. The van der Waals surface area contributed by atoms with Gasteiger partial charge in [-0.2, -0.15) is 0 Å². The van der Waals surface area contributed by atoms with Crippen LogP contribution in [0.15, 0.2) is 22.1 Å². The predicted molar refractivity (Wildman–Crippen MR) is 107 cm³/mol. The fourth-order valence-corrected chi connectivity index (χ4v) is 3.75. The Morgan fingerprint density at radius 1 is 0.808 bits per heavy atom. The normalized spacial score (nSPS) is 22.0. The van der Waals surface area contributed by atoms with Gasteiger partial charge in [-0.15, -0.1) is 0 Å². The average molecular weight is 357 g/mol. The van der Waals surface area contributed by atoms with Crippen molar-refractivity contribution >= 4 is 11.8 Å². The third kappa shape index (κ3) is 4.66. The third-order valence-corrected chi connectivity index (χ3v) is 5.26. The zero-order valence-electron chi connectivity index (χ0n) is 16.7. The van der Waals surface area contributed by atoms with Gasteiger partial charge in [0.2, 0.25) is 0 Å². The molecule has 2 aliphatic rings. The monoisotopic (exact) mass is 356 g/mol. The molecule has 0 saturated heterocycles. The molecule has 4 nitrogen and oxygen atoms in total. The minimum absolute atomic E-state index is 0.344. The molecule has 0 radical (unpaired) electrons. The standard InChI is InChI=1S/C22H32N2O2/c1-5-7-19-13-25-21(23-19)11-17-10-18(16(4)9-15(17)3)12-22-24-20(8-6-2)14-26-22/h9-10,19-20H,5-8,11-14H2,1-4H3/t19-,20-/m0/s1. The molecular weight excluding hydrogens is 324 g/mol. The third-order valence-electron chi connectivity index (χ3n) is 5.26. The van der Waals surface area contributed by atoms with Crippen LogP contribution in [0.2, 0.25) is 0 Å². The van der Waals surface area contributed by atoms with Crippen molar-refractivity contribution in [2.45, 2.75) is 78.3 Å². The van der Waals surface area contributed by atoms with Gasteiger partial charge in [0.1, 0.15) is 13.2 Å². The molecule has 0 amide bonds. The molecule has 0 unspecified atom stereocenters. The zero-order chi connectivity index (χ0) is 18.5. The van der Waals surface area contributed by atoms with E-state index in [0.717, 1.165) is 63.5 Å². The first-order chi connectivity index (χ1) is 12.6. The Morgan fingerprint density at radius 3 is 1.69 bits per heavy atom. The maximum absolute atomic E-state index is 5.82. The van der Waals surface area contributed by atoms with Gasteiger partial charge in [0.15, 0.2) is 11.8 Å². The molecule has 0 fully saturated rings. The summed E-state index contributed by atoms with van der Waals surface area (Å²) in [4.78, 5) is 9.49. The van der Waals surface area contributed by atoms with Gasteiger partial charge in [-0.1, -0.05) is 38.8 Å². The molecule has 2 heterocycles. The van der Waals surface area contributed by atoms with Crippen molar-refractivity contribution in [1.82, 2.24) is 0 Å². The van der Waals surface area contributed by atoms with Crippen molar-refractivity contribution in [3.63, 3.8) is 0 Å². The molecule has 0 N–H and O–H groups in total. The van der Waals surface area contributed by atoms with E-state index in [0.29, 0.717) is 12.1 Å². The first-order valence-corrected chi connectivity index (χ1v) is 10.1. The van der Waals surface area contributed by atoms with Crippen molar-refractivity contribution in [1.29, 1.82) is 0 Å². The number of benzene rings is 1. The molecule has 0 aliphatic carbocycles. The van der Waals surface area contributed by atoms with E-state index in [1.165, 1.54) is 22.3 Å². The molecule has 2 aliphatic heterocycles. The summed E-state index contributed by atoms with van der Waals surface area (Å²) in [6, 6.07) is 5.25. The molecule has 1 aromatic rings. The van der Waals surface area contributed by atoms with Crippen LogP contribution in [-0.2, 0) is 22.3 Å². The summed E-state index contributed by atoms with van der Waals surface area (Å²) in [6.07, 6.45) is 6.09. The lowest BCUT2D eigenvalue weighted by Gasteiger charge is -2.12. The van der Waals surface area contributed by atoms with Gasteiger partial charge in [-0.05, 0) is 48.9 Å². The number of ether oxygens (including phenoxy) is 2. The lowest BCUT2D eigenvalue weighted by Crippen LogP contribution is -2.09. The van der Waals surface area contributed by atoms with Crippen LogP contribution in [0.3, 0.4) is 0 Å². The predicted octanol–water partition coefficient (Wildman–Crippen LogP) is 4.58. The Balaban J connectivity index is 1.71. The summed E-state index contributed by atoms with van der Waals surface area (Å²) in [6.45, 7) is 10.2. The molecular formula is C22H32N2O2. The number of nitrogens with zero attached hydrogens (tertiary/aromatic N) is 2. The SMILES string of the molecule is CCC[C@H]1COC(Cc2cc(CC3=N[C@@H](CCC)CO3)c(C)cc2C)=N1. The Kier molecular flexibility index (Phi) is 6.33. The smallest absolute Gasteiger partial charge is 0.188 e. The van der Waals surface area contributed by atoms with Crippen LogP contribution < -0.4 is 0 Å².